The molecule has 0 amide bonds. The summed E-state index contributed by atoms with van der Waals surface area (Å²) < 4.78 is 0. The second-order valence-electron chi connectivity index (χ2n) is 3.82. The van der Waals surface area contributed by atoms with Crippen LogP contribution in [0.2, 0.25) is 0 Å². The van der Waals surface area contributed by atoms with E-state index >= 15 is 0 Å². The summed E-state index contributed by atoms with van der Waals surface area (Å²) in [6.07, 6.45) is 8.00. The van der Waals surface area contributed by atoms with Crippen LogP contribution in [0.25, 0.3) is 5.57 Å². The van der Waals surface area contributed by atoms with E-state index in [-0.39, 0.29) is 0 Å². The average Bonchev–Trinajstić information content (AvgIpc) is 2.20. The molecule has 0 N–H and O–H groups in total. The van der Waals surface area contributed by atoms with Gasteiger partial charge in [-0.1, -0.05) is 49.4 Å². The normalized spacial score (nSPS) is 20.7. The summed E-state index contributed by atoms with van der Waals surface area (Å²) >= 11 is 0. The molecule has 0 radical (unpaired) electrons. The van der Waals surface area contributed by atoms with Crippen molar-refractivity contribution in [3.05, 3.63) is 48.1 Å². The molecule has 0 bridgehead atoms. The molecule has 1 heteroatoms. The molecule has 0 saturated carbocycles. The molecular weight excluding hydrogens is 187 g/mol. The zero-order chi connectivity index (χ0) is 9.97. The average molecular weight is 202 g/mol. The van der Waals surface area contributed by atoms with E-state index < -0.39 is 0 Å². The Morgan fingerprint density at radius 1 is 1.29 bits per heavy atom. The van der Waals surface area contributed by atoms with Crippen molar-refractivity contribution in [3.63, 3.8) is 0 Å². The molecule has 0 fully saturated rings. The Morgan fingerprint density at radius 2 is 2.07 bits per heavy atom. The summed E-state index contributed by atoms with van der Waals surface area (Å²) in [5.74, 6) is 0.690. The quantitative estimate of drug-likeness (QED) is 0.613. The molecule has 0 aliphatic heterocycles. The SMILES string of the molecule is CC1C=CC(c2ccccc2P)=CC1. The fourth-order valence-electron chi connectivity index (χ4n) is 1.69. The molecule has 72 valence electrons. The van der Waals surface area contributed by atoms with Crippen LogP contribution in [0.15, 0.2) is 42.5 Å². The number of benzene rings is 1. The van der Waals surface area contributed by atoms with Crippen LogP contribution in [0.3, 0.4) is 0 Å². The minimum absolute atomic E-state index is 0.690. The molecule has 0 spiro atoms. The number of hydrogen-bond acceptors (Lipinski definition) is 0. The van der Waals surface area contributed by atoms with Crippen LogP contribution in [0.5, 0.6) is 0 Å². The van der Waals surface area contributed by atoms with E-state index in [1.165, 1.54) is 16.4 Å². The van der Waals surface area contributed by atoms with Crippen molar-refractivity contribution < 1.29 is 0 Å². The van der Waals surface area contributed by atoms with Crippen LogP contribution in [0, 0.1) is 5.92 Å². The maximum atomic E-state index is 2.79. The molecular formula is C13H15P. The van der Waals surface area contributed by atoms with Gasteiger partial charge in [0.25, 0.3) is 0 Å². The Kier molecular flexibility index (Phi) is 2.84. The molecule has 14 heavy (non-hydrogen) atoms. The van der Waals surface area contributed by atoms with Crippen LogP contribution < -0.4 is 5.30 Å². The van der Waals surface area contributed by atoms with Gasteiger partial charge in [-0.3, -0.25) is 0 Å². The molecule has 0 heterocycles. The van der Waals surface area contributed by atoms with Gasteiger partial charge in [-0.25, -0.2) is 0 Å². The van der Waals surface area contributed by atoms with Crippen molar-refractivity contribution >= 4 is 20.1 Å². The van der Waals surface area contributed by atoms with Crippen molar-refractivity contribution in [3.8, 4) is 0 Å². The fraction of sp³-hybridized carbons (Fsp3) is 0.231. The van der Waals surface area contributed by atoms with Crippen LogP contribution in [-0.4, -0.2) is 0 Å². The van der Waals surface area contributed by atoms with E-state index in [9.17, 15) is 0 Å². The summed E-state index contributed by atoms with van der Waals surface area (Å²) in [6.45, 7) is 2.25. The fourth-order valence-corrected chi connectivity index (χ4v) is 2.06. The van der Waals surface area contributed by atoms with Gasteiger partial charge in [-0.2, -0.15) is 0 Å². The van der Waals surface area contributed by atoms with Crippen LogP contribution in [0.1, 0.15) is 18.9 Å². The van der Waals surface area contributed by atoms with E-state index in [1.54, 1.807) is 0 Å². The lowest BCUT2D eigenvalue weighted by molar-refractivity contribution is 0.739. The molecule has 2 unspecified atom stereocenters. The van der Waals surface area contributed by atoms with Crippen molar-refractivity contribution in [1.82, 2.24) is 0 Å². The van der Waals surface area contributed by atoms with E-state index in [0.29, 0.717) is 5.92 Å². The van der Waals surface area contributed by atoms with Gasteiger partial charge >= 0.3 is 0 Å². The first kappa shape index (κ1) is 9.68. The van der Waals surface area contributed by atoms with Crippen molar-refractivity contribution in [2.45, 2.75) is 13.3 Å². The van der Waals surface area contributed by atoms with Crippen molar-refractivity contribution in [2.24, 2.45) is 5.92 Å². The van der Waals surface area contributed by atoms with E-state index in [2.05, 4.69) is 58.7 Å². The van der Waals surface area contributed by atoms with E-state index in [4.69, 9.17) is 0 Å². The number of rotatable bonds is 1. The summed E-state index contributed by atoms with van der Waals surface area (Å²) in [7, 11) is 2.79. The standard InChI is InChI=1S/C13H15P/c1-10-6-8-11(9-7-10)12-4-2-3-5-13(12)14/h2-6,8-10H,7,14H2,1H3. The van der Waals surface area contributed by atoms with Crippen molar-refractivity contribution in [1.29, 1.82) is 0 Å². The summed E-state index contributed by atoms with van der Waals surface area (Å²) in [5, 5.41) is 1.28. The zero-order valence-corrected chi connectivity index (χ0v) is 9.56. The van der Waals surface area contributed by atoms with E-state index in [0.717, 1.165) is 6.42 Å². The van der Waals surface area contributed by atoms with Crippen LogP contribution in [0.4, 0.5) is 0 Å². The van der Waals surface area contributed by atoms with Gasteiger partial charge in [-0.15, -0.1) is 9.24 Å². The third-order valence-electron chi connectivity index (χ3n) is 2.59. The zero-order valence-electron chi connectivity index (χ0n) is 8.40. The summed E-state index contributed by atoms with van der Waals surface area (Å²) in [5.41, 5.74) is 2.69. The predicted octanol–water partition coefficient (Wildman–Crippen LogP) is 3.17. The molecule has 0 aromatic heterocycles. The van der Waals surface area contributed by atoms with Gasteiger partial charge in [0.1, 0.15) is 0 Å². The van der Waals surface area contributed by atoms with Gasteiger partial charge in [0.15, 0.2) is 0 Å². The maximum absolute atomic E-state index is 2.79. The van der Waals surface area contributed by atoms with Gasteiger partial charge in [0, 0.05) is 0 Å². The number of hydrogen-bond donors (Lipinski definition) is 0. The molecule has 1 aliphatic rings. The highest BCUT2D eigenvalue weighted by Crippen LogP contribution is 2.23. The molecule has 1 aromatic carbocycles. The van der Waals surface area contributed by atoms with Gasteiger partial charge in [0.2, 0.25) is 0 Å². The monoisotopic (exact) mass is 202 g/mol. The third kappa shape index (κ3) is 1.96. The van der Waals surface area contributed by atoms with Gasteiger partial charge in [0.05, 0.1) is 0 Å². The second-order valence-corrected chi connectivity index (χ2v) is 4.44. The Morgan fingerprint density at radius 3 is 2.71 bits per heavy atom. The third-order valence-corrected chi connectivity index (χ3v) is 3.09. The minimum atomic E-state index is 0.690. The maximum Gasteiger partial charge on any atom is -0.0116 e. The van der Waals surface area contributed by atoms with E-state index in [1.807, 2.05) is 0 Å². The second kappa shape index (κ2) is 4.11. The van der Waals surface area contributed by atoms with Crippen LogP contribution in [-0.2, 0) is 0 Å². The molecule has 2 rings (SSSR count). The highest BCUT2D eigenvalue weighted by Gasteiger charge is 2.06. The Bertz CT molecular complexity index is 388. The largest absolute Gasteiger partial charge is 0.105 e. The van der Waals surface area contributed by atoms with Gasteiger partial charge in [-0.05, 0) is 28.8 Å². The first-order valence-electron chi connectivity index (χ1n) is 5.00. The lowest BCUT2D eigenvalue weighted by Crippen LogP contribution is -2.02. The highest BCUT2D eigenvalue weighted by molar-refractivity contribution is 7.27. The summed E-state index contributed by atoms with van der Waals surface area (Å²) in [6, 6.07) is 8.47. The van der Waals surface area contributed by atoms with Crippen LogP contribution >= 0.6 is 9.24 Å². The molecule has 1 aliphatic carbocycles. The highest BCUT2D eigenvalue weighted by atomic mass is 31.0. The lowest BCUT2D eigenvalue weighted by atomic mass is 9.94. The first-order valence-corrected chi connectivity index (χ1v) is 5.58. The first-order chi connectivity index (χ1) is 6.77. The molecule has 0 nitrogen and oxygen atoms in total. The minimum Gasteiger partial charge on any atom is -0.105 e. The Hall–Kier alpha value is -0.870. The smallest absolute Gasteiger partial charge is 0.0116 e. The molecule has 2 atom stereocenters. The Balaban J connectivity index is 2.33. The molecule has 1 aromatic rings. The topological polar surface area (TPSA) is 0 Å². The number of allylic oxidation sites excluding steroid dienone is 4. The van der Waals surface area contributed by atoms with Crippen molar-refractivity contribution in [2.75, 3.05) is 0 Å². The summed E-state index contributed by atoms with van der Waals surface area (Å²) in [4.78, 5) is 0. The lowest BCUT2D eigenvalue weighted by Gasteiger charge is -2.13. The molecule has 0 saturated heterocycles. The predicted molar refractivity (Wildman–Crippen MR) is 66.7 cm³/mol. The Labute approximate surface area is 87.9 Å². The van der Waals surface area contributed by atoms with Gasteiger partial charge < -0.3 is 0 Å².